The molecule has 3 rings (SSSR count). The van der Waals surface area contributed by atoms with Crippen LogP contribution >= 0.6 is 34.5 Å². The number of anilines is 1. The van der Waals surface area contributed by atoms with Crippen LogP contribution in [0.3, 0.4) is 0 Å². The van der Waals surface area contributed by atoms with E-state index in [-0.39, 0.29) is 16.8 Å². The normalized spacial score (nSPS) is 11.2. The van der Waals surface area contributed by atoms with Gasteiger partial charge in [-0.3, -0.25) is 14.9 Å². The molecular weight excluding hydrogens is 495 g/mol. The number of benzene rings is 2. The first-order valence-electron chi connectivity index (χ1n) is 9.32. The standard InChI is InChI=1S/C20H18Cl2N4O4S2/c21-14-7-5-13(6-8-14)11-32(29,30)12-17(27)24-20-26-25-18(31-20)9-10-23-19(28)15-3-1-2-4-16(15)22/h1-8H,9-12H2,(H,23,28)(H,24,26,27). The van der Waals surface area contributed by atoms with Crippen molar-refractivity contribution in [2.45, 2.75) is 12.2 Å². The number of halogens is 2. The van der Waals surface area contributed by atoms with Crippen LogP contribution in [0.5, 0.6) is 0 Å². The minimum atomic E-state index is -3.67. The van der Waals surface area contributed by atoms with E-state index in [1.165, 1.54) is 0 Å². The van der Waals surface area contributed by atoms with Crippen LogP contribution in [0.15, 0.2) is 48.5 Å². The molecule has 2 aromatic carbocycles. The molecule has 12 heteroatoms. The fourth-order valence-corrected chi connectivity index (χ4v) is 5.05. The molecule has 32 heavy (non-hydrogen) atoms. The number of carbonyl (C=O) groups is 2. The van der Waals surface area contributed by atoms with Crippen LogP contribution in [0.25, 0.3) is 0 Å². The van der Waals surface area contributed by atoms with Crippen LogP contribution < -0.4 is 10.6 Å². The molecule has 0 saturated carbocycles. The Morgan fingerprint density at radius 1 is 1.00 bits per heavy atom. The summed E-state index contributed by atoms with van der Waals surface area (Å²) in [7, 11) is -3.67. The average molecular weight is 513 g/mol. The summed E-state index contributed by atoms with van der Waals surface area (Å²) < 4.78 is 24.5. The van der Waals surface area contributed by atoms with Gasteiger partial charge in [0.25, 0.3) is 5.91 Å². The van der Waals surface area contributed by atoms with Crippen molar-refractivity contribution in [2.24, 2.45) is 0 Å². The highest BCUT2D eigenvalue weighted by Crippen LogP contribution is 2.17. The third-order valence-electron chi connectivity index (χ3n) is 4.11. The van der Waals surface area contributed by atoms with Crippen molar-refractivity contribution >= 4 is 61.3 Å². The number of nitrogens with zero attached hydrogens (tertiary/aromatic N) is 2. The second-order valence-corrected chi connectivity index (χ2v) is 10.7. The smallest absolute Gasteiger partial charge is 0.252 e. The molecule has 3 aromatic rings. The Hall–Kier alpha value is -2.53. The van der Waals surface area contributed by atoms with Crippen molar-refractivity contribution in [1.82, 2.24) is 15.5 Å². The Labute approximate surface area is 198 Å². The number of aromatic nitrogens is 2. The van der Waals surface area contributed by atoms with E-state index in [0.29, 0.717) is 39.1 Å². The summed E-state index contributed by atoms with van der Waals surface area (Å²) in [6.07, 6.45) is 0.387. The zero-order valence-corrected chi connectivity index (χ0v) is 19.7. The molecule has 1 aromatic heterocycles. The average Bonchev–Trinajstić information content (AvgIpc) is 3.16. The maximum absolute atomic E-state index is 12.3. The number of amides is 2. The number of hydrogen-bond donors (Lipinski definition) is 2. The van der Waals surface area contributed by atoms with E-state index in [1.807, 2.05) is 0 Å². The Bertz CT molecular complexity index is 1210. The topological polar surface area (TPSA) is 118 Å². The third kappa shape index (κ3) is 7.27. The van der Waals surface area contributed by atoms with Gasteiger partial charge in [-0.15, -0.1) is 10.2 Å². The number of hydrogen-bond acceptors (Lipinski definition) is 7. The molecule has 0 saturated heterocycles. The quantitative estimate of drug-likeness (QED) is 0.453. The van der Waals surface area contributed by atoms with Crippen molar-refractivity contribution in [3.05, 3.63) is 74.7 Å². The van der Waals surface area contributed by atoms with E-state index in [2.05, 4.69) is 20.8 Å². The highest BCUT2D eigenvalue weighted by atomic mass is 35.5. The highest BCUT2D eigenvalue weighted by Gasteiger charge is 2.19. The van der Waals surface area contributed by atoms with Crippen LogP contribution in [0.1, 0.15) is 20.9 Å². The van der Waals surface area contributed by atoms with Crippen molar-refractivity contribution in [2.75, 3.05) is 17.6 Å². The van der Waals surface area contributed by atoms with E-state index in [9.17, 15) is 18.0 Å². The lowest BCUT2D eigenvalue weighted by Crippen LogP contribution is -2.25. The van der Waals surface area contributed by atoms with E-state index >= 15 is 0 Å². The summed E-state index contributed by atoms with van der Waals surface area (Å²) in [4.78, 5) is 24.3. The van der Waals surface area contributed by atoms with Gasteiger partial charge in [0.15, 0.2) is 9.84 Å². The Morgan fingerprint density at radius 2 is 1.72 bits per heavy atom. The number of carbonyl (C=O) groups excluding carboxylic acids is 2. The van der Waals surface area contributed by atoms with Gasteiger partial charge in [-0.1, -0.05) is 58.8 Å². The Kier molecular flexibility index (Phi) is 8.19. The summed E-state index contributed by atoms with van der Waals surface area (Å²) in [5, 5.41) is 14.6. The van der Waals surface area contributed by atoms with Crippen molar-refractivity contribution in [3.63, 3.8) is 0 Å². The van der Waals surface area contributed by atoms with Crippen LogP contribution in [0.4, 0.5) is 5.13 Å². The summed E-state index contributed by atoms with van der Waals surface area (Å²) in [6, 6.07) is 13.1. The Morgan fingerprint density at radius 3 is 2.44 bits per heavy atom. The number of nitrogens with one attached hydrogen (secondary N) is 2. The lowest BCUT2D eigenvalue weighted by molar-refractivity contribution is -0.113. The second kappa shape index (κ2) is 10.9. The first kappa shape index (κ1) is 24.1. The van der Waals surface area contributed by atoms with E-state index in [4.69, 9.17) is 23.2 Å². The molecule has 0 aliphatic heterocycles. The molecule has 0 spiro atoms. The summed E-state index contributed by atoms with van der Waals surface area (Å²) in [5.74, 6) is -1.96. The Balaban J connectivity index is 1.47. The molecule has 0 bridgehead atoms. The maximum atomic E-state index is 12.3. The number of sulfone groups is 1. The van der Waals surface area contributed by atoms with Gasteiger partial charge in [-0.2, -0.15) is 0 Å². The van der Waals surface area contributed by atoms with Crippen LogP contribution in [0, 0.1) is 0 Å². The summed E-state index contributed by atoms with van der Waals surface area (Å²) in [6.45, 7) is 0.294. The molecule has 2 N–H and O–H groups in total. The zero-order chi connectivity index (χ0) is 23.1. The maximum Gasteiger partial charge on any atom is 0.252 e. The molecule has 8 nitrogen and oxygen atoms in total. The fraction of sp³-hybridized carbons (Fsp3) is 0.200. The van der Waals surface area contributed by atoms with Gasteiger partial charge in [0.05, 0.1) is 16.3 Å². The summed E-state index contributed by atoms with van der Waals surface area (Å²) in [5.41, 5.74) is 0.915. The summed E-state index contributed by atoms with van der Waals surface area (Å²) >= 11 is 12.9. The highest BCUT2D eigenvalue weighted by molar-refractivity contribution is 7.91. The van der Waals surface area contributed by atoms with Crippen molar-refractivity contribution in [3.8, 4) is 0 Å². The second-order valence-electron chi connectivity index (χ2n) is 6.69. The largest absolute Gasteiger partial charge is 0.352 e. The van der Waals surface area contributed by atoms with E-state index < -0.39 is 21.5 Å². The van der Waals surface area contributed by atoms with E-state index in [0.717, 1.165) is 11.3 Å². The number of rotatable bonds is 9. The van der Waals surface area contributed by atoms with Crippen molar-refractivity contribution < 1.29 is 18.0 Å². The molecule has 168 valence electrons. The van der Waals surface area contributed by atoms with Crippen molar-refractivity contribution in [1.29, 1.82) is 0 Å². The van der Waals surface area contributed by atoms with Gasteiger partial charge in [0.2, 0.25) is 11.0 Å². The molecular formula is C20H18Cl2N4O4S2. The monoisotopic (exact) mass is 512 g/mol. The molecule has 0 unspecified atom stereocenters. The van der Waals surface area contributed by atoms with Gasteiger partial charge in [0, 0.05) is 18.0 Å². The van der Waals surface area contributed by atoms with Gasteiger partial charge < -0.3 is 5.32 Å². The molecule has 0 fully saturated rings. The van der Waals surface area contributed by atoms with Gasteiger partial charge in [-0.25, -0.2) is 8.42 Å². The zero-order valence-electron chi connectivity index (χ0n) is 16.5. The minimum Gasteiger partial charge on any atom is -0.352 e. The predicted octanol–water partition coefficient (Wildman–Crippen LogP) is 3.37. The minimum absolute atomic E-state index is 0.184. The molecule has 2 amide bonds. The molecule has 0 aliphatic carbocycles. The molecule has 0 aliphatic rings. The molecule has 0 radical (unpaired) electrons. The van der Waals surface area contributed by atoms with Gasteiger partial charge >= 0.3 is 0 Å². The van der Waals surface area contributed by atoms with Gasteiger partial charge in [0.1, 0.15) is 10.8 Å². The lowest BCUT2D eigenvalue weighted by atomic mass is 10.2. The first-order chi connectivity index (χ1) is 15.2. The third-order valence-corrected chi connectivity index (χ3v) is 7.06. The lowest BCUT2D eigenvalue weighted by Gasteiger charge is -2.05. The van der Waals surface area contributed by atoms with Crippen LogP contribution in [-0.4, -0.2) is 42.7 Å². The van der Waals surface area contributed by atoms with Crippen LogP contribution in [-0.2, 0) is 26.8 Å². The molecule has 1 heterocycles. The SMILES string of the molecule is O=C(CS(=O)(=O)Cc1ccc(Cl)cc1)Nc1nnc(CCNC(=O)c2ccccc2Cl)s1. The predicted molar refractivity (Wildman–Crippen MR) is 125 cm³/mol. The van der Waals surface area contributed by atoms with Crippen LogP contribution in [0.2, 0.25) is 10.0 Å². The fourth-order valence-electron chi connectivity index (χ4n) is 2.67. The van der Waals surface area contributed by atoms with E-state index in [1.54, 1.807) is 48.5 Å². The first-order valence-corrected chi connectivity index (χ1v) is 12.7. The van der Waals surface area contributed by atoms with Gasteiger partial charge in [-0.05, 0) is 29.8 Å². The molecule has 0 atom stereocenters.